The summed E-state index contributed by atoms with van der Waals surface area (Å²) in [4.78, 5) is 0. The number of hydrogen-bond acceptors (Lipinski definition) is 2. The summed E-state index contributed by atoms with van der Waals surface area (Å²) in [6.07, 6.45) is 1.21. The number of ether oxygens (including phenoxy) is 1. The third-order valence-corrected chi connectivity index (χ3v) is 4.09. The van der Waals surface area contributed by atoms with Crippen LogP contribution in [0.3, 0.4) is 0 Å². The quantitative estimate of drug-likeness (QED) is 0.922. The minimum atomic E-state index is -0.854. The maximum Gasteiger partial charge on any atom is 0.147 e. The number of hydrogen-bond donors (Lipinski definition) is 1. The van der Waals surface area contributed by atoms with Crippen molar-refractivity contribution in [3.05, 3.63) is 63.9 Å². The van der Waals surface area contributed by atoms with Gasteiger partial charge in [0.15, 0.2) is 0 Å². The molecule has 0 saturated carbocycles. The van der Waals surface area contributed by atoms with E-state index in [1.54, 1.807) is 12.1 Å². The molecule has 1 unspecified atom stereocenters. The van der Waals surface area contributed by atoms with E-state index in [0.717, 1.165) is 24.3 Å². The second-order valence-corrected chi connectivity index (χ2v) is 5.65. The van der Waals surface area contributed by atoms with E-state index in [0.29, 0.717) is 12.8 Å². The van der Waals surface area contributed by atoms with Gasteiger partial charge in [-0.1, -0.05) is 35.9 Å². The van der Waals surface area contributed by atoms with Gasteiger partial charge in [-0.3, -0.25) is 0 Å². The van der Waals surface area contributed by atoms with Crippen LogP contribution in [-0.4, -0.2) is 11.7 Å². The number of halogens is 2. The van der Waals surface area contributed by atoms with Gasteiger partial charge in [-0.15, -0.1) is 0 Å². The standard InChI is InChI=1S/C17H16ClFO2/c18-14-3-1-2-13(17(14)19)15(20)6-4-11-5-7-16-12(10-11)8-9-21-16/h1-3,5,7,10,15,20H,4,6,8-9H2. The Bertz CT molecular complexity index is 657. The smallest absolute Gasteiger partial charge is 0.147 e. The zero-order chi connectivity index (χ0) is 14.8. The van der Waals surface area contributed by atoms with Gasteiger partial charge in [0, 0.05) is 12.0 Å². The predicted octanol–water partition coefficient (Wildman–Crippen LogP) is 4.08. The summed E-state index contributed by atoms with van der Waals surface area (Å²) in [7, 11) is 0. The van der Waals surface area contributed by atoms with Crippen molar-refractivity contribution in [1.29, 1.82) is 0 Å². The van der Waals surface area contributed by atoms with E-state index in [2.05, 4.69) is 6.07 Å². The van der Waals surface area contributed by atoms with Crippen molar-refractivity contribution in [2.45, 2.75) is 25.4 Å². The van der Waals surface area contributed by atoms with Crippen LogP contribution in [0.4, 0.5) is 4.39 Å². The molecule has 3 rings (SSSR count). The van der Waals surface area contributed by atoms with Crippen LogP contribution >= 0.6 is 11.6 Å². The van der Waals surface area contributed by atoms with E-state index >= 15 is 0 Å². The number of aliphatic hydroxyl groups excluding tert-OH is 1. The maximum atomic E-state index is 13.8. The van der Waals surface area contributed by atoms with E-state index in [4.69, 9.17) is 16.3 Å². The summed E-state index contributed by atoms with van der Waals surface area (Å²) in [6, 6.07) is 10.8. The first-order chi connectivity index (χ1) is 10.1. The van der Waals surface area contributed by atoms with E-state index in [1.807, 2.05) is 12.1 Å². The lowest BCUT2D eigenvalue weighted by molar-refractivity contribution is 0.163. The number of aliphatic hydroxyl groups is 1. The average molecular weight is 307 g/mol. The lowest BCUT2D eigenvalue weighted by Gasteiger charge is -2.13. The van der Waals surface area contributed by atoms with E-state index in [-0.39, 0.29) is 10.6 Å². The van der Waals surface area contributed by atoms with Crippen molar-refractivity contribution in [2.75, 3.05) is 6.61 Å². The summed E-state index contributed by atoms with van der Waals surface area (Å²) in [5.41, 5.74) is 2.59. The summed E-state index contributed by atoms with van der Waals surface area (Å²) in [5, 5.41) is 10.2. The van der Waals surface area contributed by atoms with Crippen LogP contribution in [0.15, 0.2) is 36.4 Å². The Kier molecular flexibility index (Phi) is 4.13. The molecule has 110 valence electrons. The molecule has 1 N–H and O–H groups in total. The van der Waals surface area contributed by atoms with Crippen LogP contribution < -0.4 is 4.74 Å². The molecule has 0 amide bonds. The van der Waals surface area contributed by atoms with Crippen molar-refractivity contribution < 1.29 is 14.2 Å². The Morgan fingerprint density at radius 1 is 1.29 bits per heavy atom. The first-order valence-corrected chi connectivity index (χ1v) is 7.39. The first kappa shape index (κ1) is 14.4. The molecule has 0 aliphatic carbocycles. The molecule has 1 aliphatic rings. The molecule has 1 heterocycles. The summed E-state index contributed by atoms with van der Waals surface area (Å²) in [6.45, 7) is 0.731. The van der Waals surface area contributed by atoms with Crippen molar-refractivity contribution >= 4 is 11.6 Å². The number of rotatable bonds is 4. The van der Waals surface area contributed by atoms with Crippen LogP contribution in [-0.2, 0) is 12.8 Å². The van der Waals surface area contributed by atoms with Crippen LogP contribution in [0.2, 0.25) is 5.02 Å². The highest BCUT2D eigenvalue weighted by Gasteiger charge is 2.16. The van der Waals surface area contributed by atoms with Crippen LogP contribution in [0.5, 0.6) is 5.75 Å². The molecule has 2 nitrogen and oxygen atoms in total. The zero-order valence-corrected chi connectivity index (χ0v) is 12.2. The summed E-state index contributed by atoms with van der Waals surface area (Å²) in [5.74, 6) is 0.411. The van der Waals surface area contributed by atoms with Gasteiger partial charge in [0.05, 0.1) is 17.7 Å². The monoisotopic (exact) mass is 306 g/mol. The van der Waals surface area contributed by atoms with Gasteiger partial charge < -0.3 is 9.84 Å². The Balaban J connectivity index is 1.68. The van der Waals surface area contributed by atoms with Gasteiger partial charge in [-0.05, 0) is 36.1 Å². The van der Waals surface area contributed by atoms with Crippen LogP contribution in [0.25, 0.3) is 0 Å². The molecule has 2 aromatic rings. The van der Waals surface area contributed by atoms with Gasteiger partial charge in [-0.25, -0.2) is 4.39 Å². The van der Waals surface area contributed by atoms with E-state index in [1.165, 1.54) is 11.6 Å². The van der Waals surface area contributed by atoms with Crippen LogP contribution in [0, 0.1) is 5.82 Å². The summed E-state index contributed by atoms with van der Waals surface area (Å²) >= 11 is 5.74. The first-order valence-electron chi connectivity index (χ1n) is 7.02. The largest absolute Gasteiger partial charge is 0.493 e. The number of benzene rings is 2. The molecule has 1 aliphatic heterocycles. The Morgan fingerprint density at radius 3 is 3.00 bits per heavy atom. The minimum Gasteiger partial charge on any atom is -0.493 e. The Morgan fingerprint density at radius 2 is 2.14 bits per heavy atom. The molecular weight excluding hydrogens is 291 g/mol. The van der Waals surface area contributed by atoms with Crippen molar-refractivity contribution in [1.82, 2.24) is 0 Å². The molecule has 0 spiro atoms. The number of fused-ring (bicyclic) bond motifs is 1. The van der Waals surface area contributed by atoms with Gasteiger partial charge in [0.2, 0.25) is 0 Å². The molecule has 0 aromatic heterocycles. The van der Waals surface area contributed by atoms with Crippen molar-refractivity contribution in [3.63, 3.8) is 0 Å². The van der Waals surface area contributed by atoms with Crippen molar-refractivity contribution in [3.8, 4) is 5.75 Å². The lowest BCUT2D eigenvalue weighted by Crippen LogP contribution is -2.03. The third-order valence-electron chi connectivity index (χ3n) is 3.80. The van der Waals surface area contributed by atoms with Gasteiger partial charge in [0.1, 0.15) is 11.6 Å². The molecule has 0 radical (unpaired) electrons. The van der Waals surface area contributed by atoms with Crippen molar-refractivity contribution in [2.24, 2.45) is 0 Å². The van der Waals surface area contributed by atoms with E-state index in [9.17, 15) is 9.50 Å². The minimum absolute atomic E-state index is 0.0428. The molecule has 21 heavy (non-hydrogen) atoms. The fourth-order valence-corrected chi connectivity index (χ4v) is 2.81. The fraction of sp³-hybridized carbons (Fsp3) is 0.294. The zero-order valence-electron chi connectivity index (χ0n) is 11.5. The normalized spacial score (nSPS) is 14.6. The highest BCUT2D eigenvalue weighted by molar-refractivity contribution is 6.30. The topological polar surface area (TPSA) is 29.5 Å². The third kappa shape index (κ3) is 3.04. The second kappa shape index (κ2) is 6.04. The fourth-order valence-electron chi connectivity index (χ4n) is 2.63. The van der Waals surface area contributed by atoms with Gasteiger partial charge in [-0.2, -0.15) is 0 Å². The lowest BCUT2D eigenvalue weighted by atomic mass is 9.99. The molecule has 0 fully saturated rings. The van der Waals surface area contributed by atoms with Gasteiger partial charge >= 0.3 is 0 Å². The Hall–Kier alpha value is -1.58. The van der Waals surface area contributed by atoms with Crippen LogP contribution in [0.1, 0.15) is 29.2 Å². The molecule has 0 bridgehead atoms. The SMILES string of the molecule is OC(CCc1ccc2c(c1)CCO2)c1cccc(Cl)c1F. The predicted molar refractivity (Wildman–Crippen MR) is 80.3 cm³/mol. The highest BCUT2D eigenvalue weighted by atomic mass is 35.5. The highest BCUT2D eigenvalue weighted by Crippen LogP contribution is 2.29. The van der Waals surface area contributed by atoms with E-state index < -0.39 is 11.9 Å². The molecular formula is C17H16ClFO2. The molecule has 4 heteroatoms. The molecule has 2 aromatic carbocycles. The molecule has 0 saturated heterocycles. The second-order valence-electron chi connectivity index (χ2n) is 5.24. The molecule has 1 atom stereocenters. The average Bonchev–Trinajstić information content (AvgIpc) is 2.95. The number of aryl methyl sites for hydroxylation is 1. The van der Waals surface area contributed by atoms with Gasteiger partial charge in [0.25, 0.3) is 0 Å². The summed E-state index contributed by atoms with van der Waals surface area (Å²) < 4.78 is 19.3. The Labute approximate surface area is 128 Å². The maximum absolute atomic E-state index is 13.8.